The first-order valence-electron chi connectivity index (χ1n) is 7.28. The fraction of sp³-hybridized carbons (Fsp3) is 0. The molecular formula is C17H9Br2NO4S2. The van der Waals surface area contributed by atoms with Gasteiger partial charge >= 0.3 is 4.94 Å². The van der Waals surface area contributed by atoms with Crippen molar-refractivity contribution in [3.63, 3.8) is 0 Å². The zero-order chi connectivity index (χ0) is 18.5. The summed E-state index contributed by atoms with van der Waals surface area (Å²) >= 11 is 7.50. The Labute approximate surface area is 169 Å². The number of fused-ring (bicyclic) bond motifs is 3. The van der Waals surface area contributed by atoms with Crippen molar-refractivity contribution in [3.8, 4) is 0 Å². The van der Waals surface area contributed by atoms with Crippen molar-refractivity contribution in [1.29, 1.82) is 0 Å². The molecule has 0 fully saturated rings. The summed E-state index contributed by atoms with van der Waals surface area (Å²) in [7, 11) is -3.85. The highest BCUT2D eigenvalue weighted by Gasteiger charge is 2.21. The van der Waals surface area contributed by atoms with Crippen molar-refractivity contribution in [3.05, 3.63) is 67.2 Å². The molecule has 3 aromatic carbocycles. The molecule has 26 heavy (non-hydrogen) atoms. The second-order valence-electron chi connectivity index (χ2n) is 5.43. The van der Waals surface area contributed by atoms with E-state index >= 15 is 0 Å². The number of benzene rings is 3. The highest BCUT2D eigenvalue weighted by molar-refractivity contribution is 9.11. The van der Waals surface area contributed by atoms with Gasteiger partial charge in [-0.05, 0) is 40.2 Å². The molecule has 9 heteroatoms. The van der Waals surface area contributed by atoms with Crippen LogP contribution in [0.2, 0.25) is 0 Å². The lowest BCUT2D eigenvalue weighted by molar-refractivity contribution is 0.588. The maximum atomic E-state index is 12.9. The first-order chi connectivity index (χ1) is 12.3. The molecule has 1 heterocycles. The van der Waals surface area contributed by atoms with Gasteiger partial charge in [0, 0.05) is 19.7 Å². The molecule has 0 aliphatic rings. The number of anilines is 1. The van der Waals surface area contributed by atoms with Crippen molar-refractivity contribution < 1.29 is 12.8 Å². The van der Waals surface area contributed by atoms with E-state index in [0.717, 1.165) is 11.3 Å². The fourth-order valence-electron chi connectivity index (χ4n) is 2.67. The summed E-state index contributed by atoms with van der Waals surface area (Å²) in [6.07, 6.45) is 0. The topological polar surface area (TPSA) is 76.4 Å². The monoisotopic (exact) mass is 513 g/mol. The van der Waals surface area contributed by atoms with Gasteiger partial charge in [0.2, 0.25) is 0 Å². The molecule has 0 radical (unpaired) electrons. The van der Waals surface area contributed by atoms with Crippen molar-refractivity contribution in [2.45, 2.75) is 4.90 Å². The standard InChI is InChI=1S/C17H9Br2NO4S2/c18-9-5-6-12(19)15(7-9)26(22,23)20-13-8-14-16(24-17(21)25-14)11-4-2-1-3-10(11)13/h1-8,20H. The van der Waals surface area contributed by atoms with Gasteiger partial charge in [-0.3, -0.25) is 4.72 Å². The largest absolute Gasteiger partial charge is 0.413 e. The molecule has 132 valence electrons. The van der Waals surface area contributed by atoms with Gasteiger partial charge in [-0.25, -0.2) is 13.2 Å². The fourth-order valence-corrected chi connectivity index (χ4v) is 5.96. The second-order valence-corrected chi connectivity index (χ2v) is 9.83. The van der Waals surface area contributed by atoms with Gasteiger partial charge in [-0.15, -0.1) is 0 Å². The Bertz CT molecular complexity index is 1330. The lowest BCUT2D eigenvalue weighted by atomic mass is 10.1. The number of sulfonamides is 1. The molecule has 0 amide bonds. The predicted molar refractivity (Wildman–Crippen MR) is 111 cm³/mol. The first-order valence-corrected chi connectivity index (χ1v) is 11.2. The molecule has 0 bridgehead atoms. The van der Waals surface area contributed by atoms with Crippen LogP contribution < -0.4 is 9.66 Å². The van der Waals surface area contributed by atoms with Crippen molar-refractivity contribution in [1.82, 2.24) is 0 Å². The Hall–Kier alpha value is -1.68. The zero-order valence-electron chi connectivity index (χ0n) is 12.8. The van der Waals surface area contributed by atoms with Crippen LogP contribution in [-0.4, -0.2) is 8.42 Å². The van der Waals surface area contributed by atoms with E-state index in [1.165, 1.54) is 6.07 Å². The summed E-state index contributed by atoms with van der Waals surface area (Å²) in [5.41, 5.74) is 0.846. The average molecular weight is 515 g/mol. The quantitative estimate of drug-likeness (QED) is 0.400. The van der Waals surface area contributed by atoms with E-state index in [1.54, 1.807) is 36.4 Å². The molecule has 4 rings (SSSR count). The molecule has 0 aliphatic heterocycles. The third kappa shape index (κ3) is 3.09. The highest BCUT2D eigenvalue weighted by atomic mass is 79.9. The van der Waals surface area contributed by atoms with Gasteiger partial charge in [0.15, 0.2) is 5.58 Å². The molecule has 0 atom stereocenters. The number of rotatable bonds is 3. The smallest absolute Gasteiger partial charge is 0.396 e. The van der Waals surface area contributed by atoms with Crippen molar-refractivity contribution in [2.75, 3.05) is 4.72 Å². The third-order valence-corrected chi connectivity index (χ3v) is 7.39. The van der Waals surface area contributed by atoms with Crippen LogP contribution in [0.1, 0.15) is 0 Å². The van der Waals surface area contributed by atoms with Crippen LogP contribution in [0, 0.1) is 0 Å². The minimum atomic E-state index is -3.85. The Balaban J connectivity index is 1.93. The van der Waals surface area contributed by atoms with Gasteiger partial charge in [-0.2, -0.15) is 0 Å². The van der Waals surface area contributed by atoms with Crippen LogP contribution in [0.15, 0.2) is 71.6 Å². The van der Waals surface area contributed by atoms with E-state index in [-0.39, 0.29) is 4.90 Å². The SMILES string of the molecule is O=c1oc2c(cc(NS(=O)(=O)c3cc(Br)ccc3Br)c3ccccc32)s1. The van der Waals surface area contributed by atoms with Gasteiger partial charge in [-0.1, -0.05) is 51.5 Å². The first kappa shape index (κ1) is 17.7. The van der Waals surface area contributed by atoms with E-state index in [9.17, 15) is 13.2 Å². The predicted octanol–water partition coefficient (Wildman–Crippen LogP) is 5.33. The summed E-state index contributed by atoms with van der Waals surface area (Å²) in [5, 5.41) is 1.32. The molecule has 0 aliphatic carbocycles. The van der Waals surface area contributed by atoms with Crippen LogP contribution in [0.5, 0.6) is 0 Å². The lowest BCUT2D eigenvalue weighted by Crippen LogP contribution is -2.14. The molecule has 4 aromatic rings. The van der Waals surface area contributed by atoms with E-state index in [1.807, 2.05) is 6.07 Å². The Morgan fingerprint density at radius 1 is 1.00 bits per heavy atom. The Kier molecular flexibility index (Phi) is 4.42. The van der Waals surface area contributed by atoms with Crippen LogP contribution in [0.3, 0.4) is 0 Å². The van der Waals surface area contributed by atoms with Gasteiger partial charge < -0.3 is 4.42 Å². The van der Waals surface area contributed by atoms with E-state index < -0.39 is 15.0 Å². The Morgan fingerprint density at radius 2 is 1.73 bits per heavy atom. The van der Waals surface area contributed by atoms with Gasteiger partial charge in [0.25, 0.3) is 10.0 Å². The summed E-state index contributed by atoms with van der Waals surface area (Å²) in [6.45, 7) is 0. The van der Waals surface area contributed by atoms with Crippen molar-refractivity contribution in [2.24, 2.45) is 0 Å². The molecule has 1 N–H and O–H groups in total. The molecule has 0 saturated heterocycles. The highest BCUT2D eigenvalue weighted by Crippen LogP contribution is 2.35. The molecular weight excluding hydrogens is 506 g/mol. The minimum Gasteiger partial charge on any atom is -0.413 e. The van der Waals surface area contributed by atoms with Crippen LogP contribution in [0.4, 0.5) is 5.69 Å². The number of nitrogens with one attached hydrogen (secondary N) is 1. The minimum absolute atomic E-state index is 0.108. The number of halogens is 2. The van der Waals surface area contributed by atoms with Gasteiger partial charge in [0.1, 0.15) is 4.90 Å². The van der Waals surface area contributed by atoms with E-state index in [2.05, 4.69) is 36.6 Å². The summed E-state index contributed by atoms with van der Waals surface area (Å²) in [6, 6.07) is 13.7. The number of hydrogen-bond acceptors (Lipinski definition) is 5. The molecule has 1 aromatic heterocycles. The molecule has 0 spiro atoms. The van der Waals surface area contributed by atoms with Crippen molar-refractivity contribution >= 4 is 80.0 Å². The maximum absolute atomic E-state index is 12.9. The Morgan fingerprint density at radius 3 is 2.50 bits per heavy atom. The average Bonchev–Trinajstić information content (AvgIpc) is 2.97. The maximum Gasteiger partial charge on any atom is 0.396 e. The van der Waals surface area contributed by atoms with E-state index in [0.29, 0.717) is 35.7 Å². The van der Waals surface area contributed by atoms with Crippen LogP contribution in [0.25, 0.3) is 21.1 Å². The van der Waals surface area contributed by atoms with E-state index in [4.69, 9.17) is 4.42 Å². The molecule has 5 nitrogen and oxygen atoms in total. The number of hydrogen-bond donors (Lipinski definition) is 1. The van der Waals surface area contributed by atoms with Crippen LogP contribution >= 0.6 is 43.2 Å². The second kappa shape index (κ2) is 6.49. The zero-order valence-corrected chi connectivity index (χ0v) is 17.6. The molecule has 0 saturated carbocycles. The summed E-state index contributed by atoms with van der Waals surface area (Å²) in [4.78, 5) is 11.3. The summed E-state index contributed by atoms with van der Waals surface area (Å²) < 4.78 is 35.4. The lowest BCUT2D eigenvalue weighted by Gasteiger charge is -2.12. The van der Waals surface area contributed by atoms with Gasteiger partial charge in [0.05, 0.1) is 10.4 Å². The third-order valence-electron chi connectivity index (χ3n) is 3.77. The normalized spacial score (nSPS) is 11.9. The van der Waals surface area contributed by atoms with Crippen LogP contribution in [-0.2, 0) is 10.0 Å². The molecule has 0 unspecified atom stereocenters. The summed E-state index contributed by atoms with van der Waals surface area (Å²) in [5.74, 6) is 0.